The van der Waals surface area contributed by atoms with E-state index in [0.29, 0.717) is 17.4 Å². The van der Waals surface area contributed by atoms with E-state index in [2.05, 4.69) is 86.8 Å². The maximum absolute atomic E-state index is 13.5. The third-order valence-electron chi connectivity index (χ3n) is 12.6. The van der Waals surface area contributed by atoms with Gasteiger partial charge in [-0.15, -0.1) is 0 Å². The zero-order valence-electron chi connectivity index (χ0n) is 47.0. The Morgan fingerprint density at radius 3 is 1.35 bits per heavy atom. The second-order valence-electron chi connectivity index (χ2n) is 20.8. The molecule has 0 aliphatic carbocycles. The summed E-state index contributed by atoms with van der Waals surface area (Å²) in [5, 5.41) is 3.01. The van der Waals surface area contributed by atoms with E-state index in [-0.39, 0.29) is 37.9 Å². The van der Waals surface area contributed by atoms with Crippen LogP contribution in [-0.4, -0.2) is 74.3 Å². The van der Waals surface area contributed by atoms with Crippen LogP contribution in [0.15, 0.2) is 72.9 Å². The van der Waals surface area contributed by atoms with Crippen LogP contribution >= 0.6 is 7.82 Å². The lowest BCUT2D eigenvalue weighted by Gasteiger charge is -2.27. The van der Waals surface area contributed by atoms with Gasteiger partial charge in [-0.25, -0.2) is 4.57 Å². The molecule has 3 unspecified atom stereocenters. The molecule has 2 N–H and O–H groups in total. The monoisotopic (exact) mass is 1020 g/mol. The summed E-state index contributed by atoms with van der Waals surface area (Å²) >= 11 is 0. The molecule has 0 spiro atoms. The fraction of sp³-hybridized carbons (Fsp3) is 0.770. The number of phosphoric acid groups is 1. The van der Waals surface area contributed by atoms with Crippen molar-refractivity contribution in [1.82, 2.24) is 5.32 Å². The highest BCUT2D eigenvalue weighted by molar-refractivity contribution is 7.47. The third kappa shape index (κ3) is 52.1. The standard InChI is InChI=1S/C61H111N2O7P/c1-7-10-13-16-19-22-25-27-29-31-33-35-38-41-44-47-50-53-60(64)62-58(57-69-71(66,67)68-56-55-63(4,5)6)59(52-49-46-43-40-37-24-21-18-15-12-9-3)70-61(65)54-51-48-45-42-39-36-34-32-30-28-26-23-20-17-14-11-8-2/h19,22,27-30,33,35,41,44,49,52,58-59H,7-18,20-21,23-26,31-32,34,36-40,42-43,45-48,50-51,53-57H2,1-6H3,(H-,62,64,66,67)/p+1/b22-19-,29-27-,30-28+,35-33-,44-41-,52-49+. The van der Waals surface area contributed by atoms with E-state index in [1.807, 2.05) is 33.3 Å². The van der Waals surface area contributed by atoms with Gasteiger partial charge >= 0.3 is 13.8 Å². The van der Waals surface area contributed by atoms with E-state index in [1.54, 1.807) is 0 Å². The highest BCUT2D eigenvalue weighted by Crippen LogP contribution is 2.43. The summed E-state index contributed by atoms with van der Waals surface area (Å²) in [7, 11) is 1.45. The van der Waals surface area contributed by atoms with Gasteiger partial charge in [0.15, 0.2) is 0 Å². The normalized spacial score (nSPS) is 14.3. The Labute approximate surface area is 438 Å². The van der Waals surface area contributed by atoms with E-state index >= 15 is 0 Å². The molecule has 0 heterocycles. The van der Waals surface area contributed by atoms with Crippen LogP contribution in [0.3, 0.4) is 0 Å². The van der Waals surface area contributed by atoms with Crippen LogP contribution in [0.1, 0.15) is 252 Å². The van der Waals surface area contributed by atoms with E-state index in [4.69, 9.17) is 13.8 Å². The number of hydrogen-bond acceptors (Lipinski definition) is 6. The van der Waals surface area contributed by atoms with Crippen molar-refractivity contribution in [2.24, 2.45) is 0 Å². The first-order chi connectivity index (χ1) is 34.4. The maximum Gasteiger partial charge on any atom is 0.472 e. The van der Waals surface area contributed by atoms with Gasteiger partial charge in [-0.2, -0.15) is 0 Å². The molecule has 0 aliphatic heterocycles. The number of carbonyl (C=O) groups excluding carboxylic acids is 2. The minimum atomic E-state index is -4.46. The molecule has 0 aromatic rings. The van der Waals surface area contributed by atoms with E-state index in [1.165, 1.54) is 135 Å². The summed E-state index contributed by atoms with van der Waals surface area (Å²) in [6.45, 7) is 6.92. The number of ether oxygens (including phenoxy) is 1. The van der Waals surface area contributed by atoms with E-state index in [9.17, 15) is 19.0 Å². The molecule has 0 fully saturated rings. The van der Waals surface area contributed by atoms with Crippen LogP contribution in [0, 0.1) is 0 Å². The van der Waals surface area contributed by atoms with Crippen molar-refractivity contribution in [2.75, 3.05) is 40.9 Å². The van der Waals surface area contributed by atoms with E-state index < -0.39 is 20.0 Å². The van der Waals surface area contributed by atoms with Gasteiger partial charge in [-0.1, -0.05) is 216 Å². The Morgan fingerprint density at radius 2 is 0.873 bits per heavy atom. The van der Waals surface area contributed by atoms with Crippen LogP contribution in [0.5, 0.6) is 0 Å². The SMILES string of the molecule is CCCCC/C=C\C/C=C\C/C=C\C/C=C\CCCC(=O)NC(COP(=O)(O)OCC[N+](C)(C)C)C(/C=C/CCCCCCCCCCC)OC(=O)CCCCCCCCC/C=C/CCCCCCCC. The number of unbranched alkanes of at least 4 members (excludes halogenated alkanes) is 26. The van der Waals surface area contributed by atoms with Gasteiger partial charge in [-0.3, -0.25) is 18.6 Å². The highest BCUT2D eigenvalue weighted by Gasteiger charge is 2.30. The summed E-state index contributed by atoms with van der Waals surface area (Å²) in [6, 6.07) is -0.879. The Balaban J connectivity index is 5.39. The van der Waals surface area contributed by atoms with Crippen LogP contribution < -0.4 is 5.32 Å². The molecule has 71 heavy (non-hydrogen) atoms. The molecule has 9 nitrogen and oxygen atoms in total. The number of esters is 1. The van der Waals surface area contributed by atoms with Crippen molar-refractivity contribution < 1.29 is 37.3 Å². The number of carbonyl (C=O) groups is 2. The number of nitrogens with zero attached hydrogens (tertiary/aromatic N) is 1. The molecule has 0 rings (SSSR count). The quantitative estimate of drug-likeness (QED) is 0.0205. The van der Waals surface area contributed by atoms with Crippen molar-refractivity contribution >= 4 is 19.7 Å². The van der Waals surface area contributed by atoms with Crippen LogP contribution in [0.2, 0.25) is 0 Å². The van der Waals surface area contributed by atoms with Gasteiger partial charge in [-0.05, 0) is 96.0 Å². The van der Waals surface area contributed by atoms with Gasteiger partial charge in [0, 0.05) is 12.8 Å². The summed E-state index contributed by atoms with van der Waals surface area (Å²) in [6.07, 6.45) is 64.8. The second kappa shape index (κ2) is 51.0. The number of rotatable bonds is 52. The van der Waals surface area contributed by atoms with E-state index in [0.717, 1.165) is 77.0 Å². The fourth-order valence-corrected chi connectivity index (χ4v) is 8.78. The first-order valence-corrected chi connectivity index (χ1v) is 30.8. The molecular weight excluding hydrogens is 904 g/mol. The summed E-state index contributed by atoms with van der Waals surface area (Å²) < 4.78 is 30.6. The predicted molar refractivity (Wildman–Crippen MR) is 305 cm³/mol. The summed E-state index contributed by atoms with van der Waals surface area (Å²) in [5.74, 6) is -0.576. The van der Waals surface area contributed by atoms with Gasteiger partial charge in [0.2, 0.25) is 5.91 Å². The lowest BCUT2D eigenvalue weighted by molar-refractivity contribution is -0.870. The van der Waals surface area contributed by atoms with Crippen molar-refractivity contribution in [1.29, 1.82) is 0 Å². The van der Waals surface area contributed by atoms with Crippen molar-refractivity contribution in [3.8, 4) is 0 Å². The molecule has 0 radical (unpaired) electrons. The number of likely N-dealkylation sites (N-methyl/N-ethyl adjacent to an activating group) is 1. The number of hydrogen-bond donors (Lipinski definition) is 2. The zero-order valence-corrected chi connectivity index (χ0v) is 47.8. The average Bonchev–Trinajstić information content (AvgIpc) is 3.33. The zero-order chi connectivity index (χ0) is 52.2. The predicted octanol–water partition coefficient (Wildman–Crippen LogP) is 17.7. The van der Waals surface area contributed by atoms with Crippen molar-refractivity contribution in [3.05, 3.63) is 72.9 Å². The van der Waals surface area contributed by atoms with Crippen molar-refractivity contribution in [2.45, 2.75) is 264 Å². The van der Waals surface area contributed by atoms with Crippen LogP contribution in [0.4, 0.5) is 0 Å². The first kappa shape index (κ1) is 68.5. The van der Waals surface area contributed by atoms with Gasteiger partial charge in [0.05, 0.1) is 33.8 Å². The lowest BCUT2D eigenvalue weighted by atomic mass is 10.1. The average molecular weight is 1020 g/mol. The van der Waals surface area contributed by atoms with Gasteiger partial charge < -0.3 is 19.4 Å². The van der Waals surface area contributed by atoms with Crippen LogP contribution in [-0.2, 0) is 27.9 Å². The Kier molecular flexibility index (Phi) is 49.1. The molecular formula is C61H112N2O7P+. The topological polar surface area (TPSA) is 111 Å². The minimum Gasteiger partial charge on any atom is -0.456 e. The molecule has 0 aromatic heterocycles. The molecule has 412 valence electrons. The highest BCUT2D eigenvalue weighted by atomic mass is 31.2. The Bertz CT molecular complexity index is 1450. The lowest BCUT2D eigenvalue weighted by Crippen LogP contribution is -2.47. The smallest absolute Gasteiger partial charge is 0.456 e. The van der Waals surface area contributed by atoms with Gasteiger partial charge in [0.25, 0.3) is 0 Å². The number of allylic oxidation sites excluding steroid dienone is 11. The number of phosphoric ester groups is 1. The molecule has 0 saturated heterocycles. The number of nitrogens with one attached hydrogen (secondary N) is 1. The number of amides is 1. The minimum absolute atomic E-state index is 0.0273. The number of quaternary nitrogens is 1. The molecule has 1 amide bonds. The molecule has 10 heteroatoms. The second-order valence-corrected chi connectivity index (χ2v) is 22.3. The third-order valence-corrected chi connectivity index (χ3v) is 13.6. The fourth-order valence-electron chi connectivity index (χ4n) is 8.04. The Morgan fingerprint density at radius 1 is 0.493 bits per heavy atom. The Hall–Kier alpha value is -2.55. The van der Waals surface area contributed by atoms with Gasteiger partial charge in [0.1, 0.15) is 19.3 Å². The maximum atomic E-state index is 13.5. The molecule has 0 aromatic carbocycles. The van der Waals surface area contributed by atoms with Crippen molar-refractivity contribution in [3.63, 3.8) is 0 Å². The molecule has 0 saturated carbocycles. The van der Waals surface area contributed by atoms with Crippen LogP contribution in [0.25, 0.3) is 0 Å². The first-order valence-electron chi connectivity index (χ1n) is 29.3. The molecule has 3 atom stereocenters. The summed E-state index contributed by atoms with van der Waals surface area (Å²) in [5.41, 5.74) is 0. The summed E-state index contributed by atoms with van der Waals surface area (Å²) in [4.78, 5) is 37.6. The molecule has 0 bridgehead atoms. The molecule has 0 aliphatic rings. The largest absolute Gasteiger partial charge is 0.472 e.